The maximum absolute atomic E-state index is 13.2. The maximum atomic E-state index is 13.2. The van der Waals surface area contributed by atoms with Gasteiger partial charge in [-0.1, -0.05) is 26.7 Å². The zero-order valence-electron chi connectivity index (χ0n) is 21.8. The fraction of sp³-hybridized carbons (Fsp3) is 0.429. The minimum atomic E-state index is -0.607. The molecule has 0 saturated carbocycles. The van der Waals surface area contributed by atoms with Crippen LogP contribution in [0.1, 0.15) is 85.2 Å². The van der Waals surface area contributed by atoms with Crippen LogP contribution in [0.5, 0.6) is 11.5 Å². The third kappa shape index (κ3) is 7.66. The van der Waals surface area contributed by atoms with Crippen molar-refractivity contribution in [1.82, 2.24) is 0 Å². The van der Waals surface area contributed by atoms with Crippen LogP contribution < -0.4 is 9.47 Å². The molecule has 2 rings (SSSR count). The summed E-state index contributed by atoms with van der Waals surface area (Å²) in [5.74, 6) is -1.90. The van der Waals surface area contributed by atoms with Gasteiger partial charge in [0.25, 0.3) is 0 Å². The van der Waals surface area contributed by atoms with Crippen LogP contribution in [0.15, 0.2) is 24.3 Å². The number of esters is 4. The van der Waals surface area contributed by atoms with Gasteiger partial charge in [0, 0.05) is 25.0 Å². The van der Waals surface area contributed by atoms with Crippen molar-refractivity contribution in [2.75, 3.05) is 13.2 Å². The second-order valence-electron chi connectivity index (χ2n) is 8.49. The SMILES string of the molecule is CCCCOC(=O)c1cc(OC(C)=O)cc(C)c1-c1c(C)cc(OC(C)=O)cc1C(=O)OCCCC. The quantitative estimate of drug-likeness (QED) is 0.220. The van der Waals surface area contributed by atoms with Crippen molar-refractivity contribution < 1.29 is 38.1 Å². The molecule has 0 aliphatic rings. The highest BCUT2D eigenvalue weighted by molar-refractivity contribution is 6.05. The summed E-state index contributed by atoms with van der Waals surface area (Å²) < 4.78 is 21.4. The van der Waals surface area contributed by atoms with Crippen LogP contribution in [-0.2, 0) is 19.1 Å². The van der Waals surface area contributed by atoms with E-state index in [1.54, 1.807) is 26.0 Å². The predicted molar refractivity (Wildman–Crippen MR) is 134 cm³/mol. The molecule has 194 valence electrons. The van der Waals surface area contributed by atoms with Crippen LogP contribution in [0.4, 0.5) is 0 Å². The lowest BCUT2D eigenvalue weighted by Gasteiger charge is -2.20. The number of ether oxygens (including phenoxy) is 4. The highest BCUT2D eigenvalue weighted by Crippen LogP contribution is 2.38. The summed E-state index contributed by atoms with van der Waals surface area (Å²) in [7, 11) is 0. The third-order valence-electron chi connectivity index (χ3n) is 5.29. The molecule has 0 aliphatic carbocycles. The lowest BCUT2D eigenvalue weighted by Crippen LogP contribution is -2.14. The van der Waals surface area contributed by atoms with Gasteiger partial charge >= 0.3 is 23.9 Å². The number of benzene rings is 2. The first-order valence-corrected chi connectivity index (χ1v) is 12.1. The smallest absolute Gasteiger partial charge is 0.338 e. The van der Waals surface area contributed by atoms with Gasteiger partial charge in [0.2, 0.25) is 0 Å². The summed E-state index contributed by atoms with van der Waals surface area (Å²) >= 11 is 0. The molecule has 0 aromatic heterocycles. The van der Waals surface area contributed by atoms with Crippen LogP contribution >= 0.6 is 0 Å². The Kier molecular flexibility index (Phi) is 10.6. The van der Waals surface area contributed by atoms with Crippen molar-refractivity contribution in [2.45, 2.75) is 67.2 Å². The predicted octanol–water partition coefficient (Wildman–Crippen LogP) is 5.73. The van der Waals surface area contributed by atoms with Gasteiger partial charge in [-0.25, -0.2) is 9.59 Å². The molecule has 0 saturated heterocycles. The average Bonchev–Trinajstić information content (AvgIpc) is 2.78. The minimum absolute atomic E-state index is 0.147. The van der Waals surface area contributed by atoms with Crippen LogP contribution in [0.3, 0.4) is 0 Å². The van der Waals surface area contributed by atoms with Crippen LogP contribution in [0, 0.1) is 13.8 Å². The first-order chi connectivity index (χ1) is 17.1. The number of unbranched alkanes of at least 4 members (excludes halogenated alkanes) is 2. The molecule has 0 heterocycles. The molecule has 0 radical (unpaired) electrons. The van der Waals surface area contributed by atoms with E-state index in [9.17, 15) is 19.2 Å². The molecule has 8 nitrogen and oxygen atoms in total. The molecule has 0 atom stereocenters. The molecular formula is C28H34O8. The van der Waals surface area contributed by atoms with Crippen LogP contribution in [-0.4, -0.2) is 37.1 Å². The minimum Gasteiger partial charge on any atom is -0.462 e. The Hall–Kier alpha value is -3.68. The Morgan fingerprint density at radius 1 is 0.639 bits per heavy atom. The van der Waals surface area contributed by atoms with Gasteiger partial charge in [-0.15, -0.1) is 0 Å². The summed E-state index contributed by atoms with van der Waals surface area (Å²) in [4.78, 5) is 49.5. The first kappa shape index (κ1) is 28.6. The van der Waals surface area contributed by atoms with E-state index in [1.165, 1.54) is 26.0 Å². The molecule has 0 fully saturated rings. The van der Waals surface area contributed by atoms with E-state index in [0.717, 1.165) is 12.8 Å². The summed E-state index contributed by atoms with van der Waals surface area (Å²) in [5.41, 5.74) is 2.36. The molecule has 0 bridgehead atoms. The monoisotopic (exact) mass is 498 g/mol. The maximum Gasteiger partial charge on any atom is 0.338 e. The molecular weight excluding hydrogens is 464 g/mol. The van der Waals surface area contributed by atoms with E-state index in [2.05, 4.69) is 0 Å². The molecule has 0 spiro atoms. The Morgan fingerprint density at radius 3 is 1.31 bits per heavy atom. The highest BCUT2D eigenvalue weighted by atomic mass is 16.5. The van der Waals surface area contributed by atoms with Crippen molar-refractivity contribution in [3.63, 3.8) is 0 Å². The van der Waals surface area contributed by atoms with Gasteiger partial charge < -0.3 is 18.9 Å². The number of hydrogen-bond acceptors (Lipinski definition) is 8. The number of carbonyl (C=O) groups is 4. The molecule has 0 aliphatic heterocycles. The molecule has 0 amide bonds. The zero-order chi connectivity index (χ0) is 26.8. The third-order valence-corrected chi connectivity index (χ3v) is 5.29. The topological polar surface area (TPSA) is 105 Å². The van der Waals surface area contributed by atoms with Crippen molar-refractivity contribution in [3.8, 4) is 22.6 Å². The second kappa shape index (κ2) is 13.4. The van der Waals surface area contributed by atoms with Gasteiger partial charge in [0.1, 0.15) is 11.5 Å². The molecule has 36 heavy (non-hydrogen) atoms. The molecule has 8 heteroatoms. The number of hydrogen-bond donors (Lipinski definition) is 0. The summed E-state index contributed by atoms with van der Waals surface area (Å²) in [5, 5.41) is 0. The average molecular weight is 499 g/mol. The summed E-state index contributed by atoms with van der Waals surface area (Å²) in [6.07, 6.45) is 3.07. The molecule has 0 N–H and O–H groups in total. The van der Waals surface area contributed by atoms with Gasteiger partial charge in [0.05, 0.1) is 24.3 Å². The fourth-order valence-corrected chi connectivity index (χ4v) is 3.72. The number of rotatable bonds is 11. The molecule has 0 unspecified atom stereocenters. The second-order valence-corrected chi connectivity index (χ2v) is 8.49. The van der Waals surface area contributed by atoms with Gasteiger partial charge in [-0.05, 0) is 62.1 Å². The first-order valence-electron chi connectivity index (χ1n) is 12.1. The highest BCUT2D eigenvalue weighted by Gasteiger charge is 2.26. The molecule has 2 aromatic rings. The van der Waals surface area contributed by atoms with E-state index in [-0.39, 0.29) is 35.8 Å². The largest absolute Gasteiger partial charge is 0.462 e. The normalized spacial score (nSPS) is 10.5. The zero-order valence-corrected chi connectivity index (χ0v) is 21.8. The number of carbonyl (C=O) groups excluding carboxylic acids is 4. The van der Waals surface area contributed by atoms with Crippen molar-refractivity contribution >= 4 is 23.9 Å². The van der Waals surface area contributed by atoms with E-state index >= 15 is 0 Å². The van der Waals surface area contributed by atoms with E-state index in [4.69, 9.17) is 18.9 Å². The van der Waals surface area contributed by atoms with Crippen molar-refractivity contribution in [3.05, 3.63) is 46.5 Å². The van der Waals surface area contributed by atoms with E-state index in [1.807, 2.05) is 13.8 Å². The fourth-order valence-electron chi connectivity index (χ4n) is 3.72. The Morgan fingerprint density at radius 2 is 1.00 bits per heavy atom. The van der Waals surface area contributed by atoms with Crippen molar-refractivity contribution in [2.24, 2.45) is 0 Å². The summed E-state index contributed by atoms with van der Waals surface area (Å²) in [6.45, 7) is 10.4. The van der Waals surface area contributed by atoms with Crippen molar-refractivity contribution in [1.29, 1.82) is 0 Å². The lowest BCUT2D eigenvalue weighted by atomic mass is 9.88. The standard InChI is InChI=1S/C28H34O8/c1-7-9-11-33-27(31)23-15-21(35-19(5)29)13-17(3)25(23)26-18(4)14-22(36-20(6)30)16-24(26)28(32)34-12-10-8-2/h13-16H,7-12H2,1-6H3. The van der Waals surface area contributed by atoms with Gasteiger partial charge in [-0.3, -0.25) is 9.59 Å². The van der Waals surface area contributed by atoms with E-state index in [0.29, 0.717) is 35.1 Å². The van der Waals surface area contributed by atoms with Crippen LogP contribution in [0.2, 0.25) is 0 Å². The van der Waals surface area contributed by atoms with Gasteiger partial charge in [-0.2, -0.15) is 0 Å². The van der Waals surface area contributed by atoms with Gasteiger partial charge in [0.15, 0.2) is 0 Å². The molecule has 2 aromatic carbocycles. The Balaban J connectivity index is 2.77. The van der Waals surface area contributed by atoms with E-state index < -0.39 is 23.9 Å². The van der Waals surface area contributed by atoms with Crippen LogP contribution in [0.25, 0.3) is 11.1 Å². The number of aryl methyl sites for hydroxylation is 2. The Labute approximate surface area is 211 Å². The Bertz CT molecular complexity index is 1040. The lowest BCUT2D eigenvalue weighted by molar-refractivity contribution is -0.132. The summed E-state index contributed by atoms with van der Waals surface area (Å²) in [6, 6.07) is 6.10.